The Morgan fingerprint density at radius 1 is 1.36 bits per heavy atom. The van der Waals surface area contributed by atoms with Crippen LogP contribution in [0.3, 0.4) is 0 Å². The van der Waals surface area contributed by atoms with E-state index in [2.05, 4.69) is 32.3 Å². The van der Waals surface area contributed by atoms with E-state index < -0.39 is 0 Å². The summed E-state index contributed by atoms with van der Waals surface area (Å²) in [6, 6.07) is 0. The second-order valence-electron chi connectivity index (χ2n) is 3.48. The van der Waals surface area contributed by atoms with Gasteiger partial charge in [0, 0.05) is 13.3 Å². The summed E-state index contributed by atoms with van der Waals surface area (Å²) in [7, 11) is 1.76. The lowest BCUT2D eigenvalue weighted by Crippen LogP contribution is -2.07. The van der Waals surface area contributed by atoms with E-state index in [9.17, 15) is 0 Å². The molecule has 0 spiro atoms. The minimum Gasteiger partial charge on any atom is -0.297 e. The quantitative estimate of drug-likeness (QED) is 0.425. The van der Waals surface area contributed by atoms with Crippen LogP contribution in [0.4, 0.5) is 0 Å². The van der Waals surface area contributed by atoms with Gasteiger partial charge in [-0.25, -0.2) is 0 Å². The summed E-state index contributed by atoms with van der Waals surface area (Å²) in [4.78, 5) is 3.89. The van der Waals surface area contributed by atoms with Crippen LogP contribution in [0.15, 0.2) is 29.3 Å². The molecule has 0 aromatic rings. The van der Waals surface area contributed by atoms with Crippen molar-refractivity contribution >= 4 is 6.21 Å². The largest absolute Gasteiger partial charge is 0.297 e. The fourth-order valence-electron chi connectivity index (χ4n) is 0.779. The highest BCUT2D eigenvalue weighted by atomic mass is 14.6. The lowest BCUT2D eigenvalue weighted by molar-refractivity contribution is 0.518. The van der Waals surface area contributed by atoms with Crippen LogP contribution in [0.1, 0.15) is 20.8 Å². The highest BCUT2D eigenvalue weighted by Gasteiger charge is 2.12. The highest BCUT2D eigenvalue weighted by Crippen LogP contribution is 2.24. The Bertz CT molecular complexity index is 180. The first-order valence-corrected chi connectivity index (χ1v) is 3.77. The van der Waals surface area contributed by atoms with Gasteiger partial charge >= 0.3 is 0 Å². The molecule has 0 bridgehead atoms. The van der Waals surface area contributed by atoms with Crippen molar-refractivity contribution < 1.29 is 0 Å². The molecule has 1 nitrogen and oxygen atoms in total. The molecule has 0 aromatic heterocycles. The van der Waals surface area contributed by atoms with Crippen LogP contribution in [-0.2, 0) is 0 Å². The molecular weight excluding hydrogens is 134 g/mol. The van der Waals surface area contributed by atoms with E-state index in [4.69, 9.17) is 0 Å². The molecular formula is C10H17N. The van der Waals surface area contributed by atoms with Crippen LogP contribution in [-0.4, -0.2) is 13.3 Å². The number of hydrogen-bond donors (Lipinski definition) is 0. The Kier molecular flexibility index (Phi) is 3.80. The fourth-order valence-corrected chi connectivity index (χ4v) is 0.779. The van der Waals surface area contributed by atoms with Gasteiger partial charge in [-0.05, 0) is 17.1 Å². The summed E-state index contributed by atoms with van der Waals surface area (Å²) in [5.41, 5.74) is 1.38. The molecule has 0 saturated heterocycles. The molecule has 62 valence electrons. The second kappa shape index (κ2) is 4.12. The SMILES string of the molecule is C=C/C(=C\C=N\C)C(C)(C)C. The van der Waals surface area contributed by atoms with Gasteiger partial charge in [-0.1, -0.05) is 33.4 Å². The minimum absolute atomic E-state index is 0.170. The normalized spacial score (nSPS) is 14.0. The predicted molar refractivity (Wildman–Crippen MR) is 52.2 cm³/mol. The zero-order chi connectivity index (χ0) is 8.91. The maximum atomic E-state index is 3.89. The van der Waals surface area contributed by atoms with Crippen molar-refractivity contribution in [3.05, 3.63) is 24.3 Å². The van der Waals surface area contributed by atoms with Crippen LogP contribution in [0.2, 0.25) is 0 Å². The van der Waals surface area contributed by atoms with Gasteiger partial charge in [-0.15, -0.1) is 0 Å². The van der Waals surface area contributed by atoms with Crippen LogP contribution >= 0.6 is 0 Å². The second-order valence-corrected chi connectivity index (χ2v) is 3.48. The van der Waals surface area contributed by atoms with E-state index in [0.29, 0.717) is 0 Å². The van der Waals surface area contributed by atoms with Crippen LogP contribution in [0.25, 0.3) is 0 Å². The predicted octanol–water partition coefficient (Wildman–Crippen LogP) is 2.85. The molecule has 0 fully saturated rings. The van der Waals surface area contributed by atoms with Crippen LogP contribution in [0, 0.1) is 5.41 Å². The third-order valence-corrected chi connectivity index (χ3v) is 1.49. The molecule has 0 aliphatic heterocycles. The van der Waals surface area contributed by atoms with Crippen molar-refractivity contribution in [2.75, 3.05) is 7.05 Å². The van der Waals surface area contributed by atoms with Gasteiger partial charge in [0.25, 0.3) is 0 Å². The Hall–Kier alpha value is -0.850. The first kappa shape index (κ1) is 10.2. The van der Waals surface area contributed by atoms with Gasteiger partial charge < -0.3 is 0 Å². The van der Waals surface area contributed by atoms with Crippen molar-refractivity contribution in [1.82, 2.24) is 0 Å². The monoisotopic (exact) mass is 151 g/mol. The molecule has 0 unspecified atom stereocenters. The third-order valence-electron chi connectivity index (χ3n) is 1.49. The van der Waals surface area contributed by atoms with E-state index in [1.807, 2.05) is 12.2 Å². The first-order valence-electron chi connectivity index (χ1n) is 3.77. The lowest BCUT2D eigenvalue weighted by Gasteiger charge is -2.19. The number of allylic oxidation sites excluding steroid dienone is 3. The molecule has 0 N–H and O–H groups in total. The molecule has 0 saturated carbocycles. The molecule has 0 heterocycles. The summed E-state index contributed by atoms with van der Waals surface area (Å²) in [5.74, 6) is 0. The van der Waals surface area contributed by atoms with Gasteiger partial charge in [-0.3, -0.25) is 4.99 Å². The lowest BCUT2D eigenvalue weighted by atomic mass is 9.86. The Morgan fingerprint density at radius 2 is 1.91 bits per heavy atom. The van der Waals surface area contributed by atoms with Gasteiger partial charge in [0.1, 0.15) is 0 Å². The van der Waals surface area contributed by atoms with E-state index in [0.717, 1.165) is 0 Å². The van der Waals surface area contributed by atoms with E-state index >= 15 is 0 Å². The Morgan fingerprint density at radius 3 is 2.18 bits per heavy atom. The van der Waals surface area contributed by atoms with Crippen molar-refractivity contribution in [2.45, 2.75) is 20.8 Å². The van der Waals surface area contributed by atoms with E-state index in [-0.39, 0.29) is 5.41 Å². The van der Waals surface area contributed by atoms with Crippen molar-refractivity contribution in [3.63, 3.8) is 0 Å². The molecule has 0 aromatic carbocycles. The molecule has 0 atom stereocenters. The van der Waals surface area contributed by atoms with Gasteiger partial charge in [0.2, 0.25) is 0 Å². The standard InChI is InChI=1S/C10H17N/c1-6-9(7-8-11-5)10(2,3)4/h6-8H,1H2,2-5H3/b9-7+,11-8+. The topological polar surface area (TPSA) is 12.4 Å². The zero-order valence-electron chi connectivity index (χ0n) is 7.89. The Labute approximate surface area is 69.5 Å². The molecule has 0 amide bonds. The number of aliphatic imine (C=N–C) groups is 1. The van der Waals surface area contributed by atoms with E-state index in [1.54, 1.807) is 13.3 Å². The molecule has 0 radical (unpaired) electrons. The molecule has 0 aliphatic rings. The number of rotatable bonds is 2. The van der Waals surface area contributed by atoms with Crippen molar-refractivity contribution in [2.24, 2.45) is 10.4 Å². The highest BCUT2D eigenvalue weighted by molar-refractivity contribution is 5.73. The smallest absolute Gasteiger partial charge is 0.0277 e. The molecule has 11 heavy (non-hydrogen) atoms. The first-order chi connectivity index (χ1) is 5.02. The summed E-state index contributed by atoms with van der Waals surface area (Å²) in [6.07, 6.45) is 5.66. The summed E-state index contributed by atoms with van der Waals surface area (Å²) in [6.45, 7) is 10.2. The van der Waals surface area contributed by atoms with Crippen molar-refractivity contribution in [3.8, 4) is 0 Å². The minimum atomic E-state index is 0.170. The molecule has 0 rings (SSSR count). The fraction of sp³-hybridized carbons (Fsp3) is 0.500. The summed E-state index contributed by atoms with van der Waals surface area (Å²) < 4.78 is 0. The van der Waals surface area contributed by atoms with Crippen molar-refractivity contribution in [1.29, 1.82) is 0 Å². The Balaban J connectivity index is 4.53. The summed E-state index contributed by atoms with van der Waals surface area (Å²) >= 11 is 0. The van der Waals surface area contributed by atoms with Crippen LogP contribution in [0.5, 0.6) is 0 Å². The number of nitrogens with zero attached hydrogens (tertiary/aromatic N) is 1. The zero-order valence-corrected chi connectivity index (χ0v) is 7.89. The van der Waals surface area contributed by atoms with E-state index in [1.165, 1.54) is 5.57 Å². The van der Waals surface area contributed by atoms with Crippen LogP contribution < -0.4 is 0 Å². The maximum Gasteiger partial charge on any atom is 0.0277 e. The van der Waals surface area contributed by atoms with Gasteiger partial charge in [0.05, 0.1) is 0 Å². The average molecular weight is 151 g/mol. The molecule has 0 aliphatic carbocycles. The average Bonchev–Trinajstić information content (AvgIpc) is 1.87. The number of hydrogen-bond acceptors (Lipinski definition) is 1. The van der Waals surface area contributed by atoms with Gasteiger partial charge in [0.15, 0.2) is 0 Å². The third kappa shape index (κ3) is 3.76. The summed E-state index contributed by atoms with van der Waals surface area (Å²) in [5, 5.41) is 0. The maximum absolute atomic E-state index is 3.89. The van der Waals surface area contributed by atoms with Gasteiger partial charge in [-0.2, -0.15) is 0 Å². The molecule has 1 heteroatoms.